The van der Waals surface area contributed by atoms with Crippen molar-refractivity contribution in [3.8, 4) is 0 Å². The van der Waals surface area contributed by atoms with E-state index >= 15 is 0 Å². The molecule has 0 aliphatic carbocycles. The molecular formula is C11H16N2O3. The third-order valence-electron chi connectivity index (χ3n) is 2.32. The van der Waals surface area contributed by atoms with E-state index < -0.39 is 11.8 Å². The number of nitrogens with one attached hydrogen (secondary N) is 1. The molecule has 0 bridgehead atoms. The van der Waals surface area contributed by atoms with E-state index in [9.17, 15) is 9.59 Å². The summed E-state index contributed by atoms with van der Waals surface area (Å²) in [6.07, 6.45) is 0. The van der Waals surface area contributed by atoms with Crippen molar-refractivity contribution in [1.82, 2.24) is 5.32 Å². The third-order valence-corrected chi connectivity index (χ3v) is 2.32. The summed E-state index contributed by atoms with van der Waals surface area (Å²) in [7, 11) is 0. The Bertz CT molecular complexity index is 407. The minimum absolute atomic E-state index is 0.293. The van der Waals surface area contributed by atoms with Gasteiger partial charge in [-0.2, -0.15) is 0 Å². The van der Waals surface area contributed by atoms with E-state index in [4.69, 9.17) is 10.2 Å². The normalized spacial score (nSPS) is 11.2. The summed E-state index contributed by atoms with van der Waals surface area (Å²) in [6.45, 7) is 5.96. The molecule has 0 aromatic carbocycles. The van der Waals surface area contributed by atoms with Crippen LogP contribution in [0.2, 0.25) is 0 Å². The van der Waals surface area contributed by atoms with Crippen LogP contribution in [0, 0.1) is 6.92 Å². The number of aryl methyl sites for hydroxylation is 1. The number of primary amides is 1. The van der Waals surface area contributed by atoms with Gasteiger partial charge in [0.05, 0.1) is 0 Å². The highest BCUT2D eigenvalue weighted by atomic mass is 16.3. The Morgan fingerprint density at radius 1 is 1.44 bits per heavy atom. The number of hydrogen-bond acceptors (Lipinski definition) is 3. The molecule has 1 heterocycles. The number of carbonyl (C=O) groups is 2. The zero-order valence-corrected chi connectivity index (χ0v) is 9.66. The predicted octanol–water partition coefficient (Wildman–Crippen LogP) is 0.467. The molecule has 1 rings (SSSR count). The second-order valence-corrected chi connectivity index (χ2v) is 4.34. The number of amides is 2. The van der Waals surface area contributed by atoms with Crippen LogP contribution in [0.3, 0.4) is 0 Å². The summed E-state index contributed by atoms with van der Waals surface area (Å²) in [6, 6.07) is 3.71. The van der Waals surface area contributed by atoms with Crippen LogP contribution in [-0.2, 0) is 15.0 Å². The SMILES string of the molecule is Cc1ccc(C(C)(C)CNC(=O)C(N)=O)o1. The van der Waals surface area contributed by atoms with Crippen LogP contribution in [0.25, 0.3) is 0 Å². The molecular weight excluding hydrogens is 208 g/mol. The van der Waals surface area contributed by atoms with Gasteiger partial charge in [-0.1, -0.05) is 13.8 Å². The highest BCUT2D eigenvalue weighted by molar-refractivity contribution is 6.34. The van der Waals surface area contributed by atoms with Crippen molar-refractivity contribution in [3.63, 3.8) is 0 Å². The molecule has 1 aromatic heterocycles. The van der Waals surface area contributed by atoms with Crippen molar-refractivity contribution in [2.45, 2.75) is 26.2 Å². The topological polar surface area (TPSA) is 85.3 Å². The minimum atomic E-state index is -0.980. The van der Waals surface area contributed by atoms with Crippen molar-refractivity contribution < 1.29 is 14.0 Å². The maximum atomic E-state index is 11.0. The lowest BCUT2D eigenvalue weighted by molar-refractivity contribution is -0.137. The summed E-state index contributed by atoms with van der Waals surface area (Å²) >= 11 is 0. The first kappa shape index (κ1) is 12.3. The Labute approximate surface area is 94.0 Å². The Balaban J connectivity index is 2.65. The van der Waals surface area contributed by atoms with E-state index in [1.54, 1.807) is 0 Å². The van der Waals surface area contributed by atoms with Crippen LogP contribution in [0.15, 0.2) is 16.5 Å². The lowest BCUT2D eigenvalue weighted by Crippen LogP contribution is -2.42. The highest BCUT2D eigenvalue weighted by Gasteiger charge is 2.25. The van der Waals surface area contributed by atoms with Gasteiger partial charge in [0.25, 0.3) is 0 Å². The smallest absolute Gasteiger partial charge is 0.309 e. The number of furan rings is 1. The second-order valence-electron chi connectivity index (χ2n) is 4.34. The predicted molar refractivity (Wildman–Crippen MR) is 58.7 cm³/mol. The average Bonchev–Trinajstić information content (AvgIpc) is 2.61. The van der Waals surface area contributed by atoms with Crippen molar-refractivity contribution in [2.75, 3.05) is 6.54 Å². The Morgan fingerprint density at radius 2 is 2.06 bits per heavy atom. The summed E-state index contributed by atoms with van der Waals surface area (Å²) < 4.78 is 5.47. The summed E-state index contributed by atoms with van der Waals surface area (Å²) in [5, 5.41) is 2.46. The van der Waals surface area contributed by atoms with Crippen molar-refractivity contribution in [3.05, 3.63) is 23.7 Å². The molecule has 0 spiro atoms. The van der Waals surface area contributed by atoms with Gasteiger partial charge in [0.2, 0.25) is 0 Å². The number of hydrogen-bond donors (Lipinski definition) is 2. The average molecular weight is 224 g/mol. The molecule has 0 saturated heterocycles. The van der Waals surface area contributed by atoms with E-state index in [2.05, 4.69) is 5.32 Å². The van der Waals surface area contributed by atoms with Gasteiger partial charge in [-0.05, 0) is 19.1 Å². The molecule has 5 heteroatoms. The van der Waals surface area contributed by atoms with Gasteiger partial charge < -0.3 is 15.5 Å². The zero-order chi connectivity index (χ0) is 12.3. The monoisotopic (exact) mass is 224 g/mol. The molecule has 16 heavy (non-hydrogen) atoms. The number of carbonyl (C=O) groups excluding carboxylic acids is 2. The van der Waals surface area contributed by atoms with E-state index in [1.165, 1.54) is 0 Å². The van der Waals surface area contributed by atoms with E-state index in [1.807, 2.05) is 32.9 Å². The lowest BCUT2D eigenvalue weighted by Gasteiger charge is -2.22. The van der Waals surface area contributed by atoms with Gasteiger partial charge in [0, 0.05) is 12.0 Å². The van der Waals surface area contributed by atoms with Crippen LogP contribution >= 0.6 is 0 Å². The fourth-order valence-electron chi connectivity index (χ4n) is 1.27. The molecule has 2 amide bonds. The fourth-order valence-corrected chi connectivity index (χ4v) is 1.27. The summed E-state index contributed by atoms with van der Waals surface area (Å²) in [5.41, 5.74) is 4.46. The van der Waals surface area contributed by atoms with Crippen LogP contribution in [-0.4, -0.2) is 18.4 Å². The standard InChI is InChI=1S/C11H16N2O3/c1-7-4-5-8(16-7)11(2,3)6-13-10(15)9(12)14/h4-5H,6H2,1-3H3,(H2,12,14)(H,13,15). The van der Waals surface area contributed by atoms with Crippen molar-refractivity contribution in [2.24, 2.45) is 5.73 Å². The molecule has 0 atom stereocenters. The molecule has 88 valence electrons. The van der Waals surface area contributed by atoms with Crippen LogP contribution in [0.5, 0.6) is 0 Å². The van der Waals surface area contributed by atoms with Crippen LogP contribution in [0.1, 0.15) is 25.4 Å². The second kappa shape index (κ2) is 4.38. The molecule has 1 aromatic rings. The molecule has 5 nitrogen and oxygen atoms in total. The van der Waals surface area contributed by atoms with Gasteiger partial charge in [-0.3, -0.25) is 9.59 Å². The molecule has 0 aliphatic rings. The first-order valence-electron chi connectivity index (χ1n) is 4.97. The van der Waals surface area contributed by atoms with E-state index in [0.29, 0.717) is 6.54 Å². The summed E-state index contributed by atoms with van der Waals surface area (Å²) in [4.78, 5) is 21.6. The van der Waals surface area contributed by atoms with Gasteiger partial charge in [-0.15, -0.1) is 0 Å². The third kappa shape index (κ3) is 2.85. The summed E-state index contributed by atoms with van der Waals surface area (Å²) in [5.74, 6) is -0.193. The lowest BCUT2D eigenvalue weighted by atomic mass is 9.90. The van der Waals surface area contributed by atoms with Gasteiger partial charge in [0.1, 0.15) is 11.5 Å². The van der Waals surface area contributed by atoms with E-state index in [-0.39, 0.29) is 5.41 Å². The van der Waals surface area contributed by atoms with E-state index in [0.717, 1.165) is 11.5 Å². The maximum Gasteiger partial charge on any atom is 0.309 e. The van der Waals surface area contributed by atoms with Crippen molar-refractivity contribution >= 4 is 11.8 Å². The Kier molecular flexibility index (Phi) is 3.37. The fraction of sp³-hybridized carbons (Fsp3) is 0.455. The minimum Gasteiger partial charge on any atom is -0.466 e. The van der Waals surface area contributed by atoms with Crippen LogP contribution in [0.4, 0.5) is 0 Å². The molecule has 3 N–H and O–H groups in total. The highest BCUT2D eigenvalue weighted by Crippen LogP contribution is 2.24. The maximum absolute atomic E-state index is 11.0. The van der Waals surface area contributed by atoms with Crippen molar-refractivity contribution in [1.29, 1.82) is 0 Å². The molecule has 0 radical (unpaired) electrons. The largest absolute Gasteiger partial charge is 0.466 e. The van der Waals surface area contributed by atoms with Gasteiger partial charge in [0.15, 0.2) is 0 Å². The quantitative estimate of drug-likeness (QED) is 0.732. The molecule has 0 aliphatic heterocycles. The van der Waals surface area contributed by atoms with Crippen LogP contribution < -0.4 is 11.1 Å². The number of nitrogens with two attached hydrogens (primary N) is 1. The zero-order valence-electron chi connectivity index (χ0n) is 9.66. The Morgan fingerprint density at radius 3 is 2.50 bits per heavy atom. The molecule has 0 unspecified atom stereocenters. The van der Waals surface area contributed by atoms with Gasteiger partial charge >= 0.3 is 11.8 Å². The molecule has 0 fully saturated rings. The first-order valence-corrected chi connectivity index (χ1v) is 4.97. The first-order chi connectivity index (χ1) is 7.33. The molecule has 0 saturated carbocycles. The van der Waals surface area contributed by atoms with Gasteiger partial charge in [-0.25, -0.2) is 0 Å². The Hall–Kier alpha value is -1.78. The number of rotatable bonds is 3.